The van der Waals surface area contributed by atoms with E-state index in [2.05, 4.69) is 137 Å². The largest absolute Gasteiger partial charge is 0.380 e. The van der Waals surface area contributed by atoms with E-state index >= 15 is 0 Å². The quantitative estimate of drug-likeness (QED) is 0.0203. The van der Waals surface area contributed by atoms with Gasteiger partial charge in [0.1, 0.15) is 22.9 Å². The Balaban J connectivity index is 0.000000210. The maximum atomic E-state index is 11.6. The number of rotatable bonds is 42. The molecule has 0 radical (unpaired) electrons. The van der Waals surface area contributed by atoms with Crippen molar-refractivity contribution < 1.29 is 55.2 Å². The summed E-state index contributed by atoms with van der Waals surface area (Å²) in [7, 11) is 1.87. The highest BCUT2D eigenvalue weighted by atomic mass is 32.2. The van der Waals surface area contributed by atoms with E-state index in [1.165, 1.54) is 208 Å². The number of hydrogen-bond acceptors (Lipinski definition) is 15. The number of thiol groups is 1. The van der Waals surface area contributed by atoms with Crippen LogP contribution in [0.1, 0.15) is 295 Å². The number of unbranched alkanes of at least 4 members (excludes halogenated alkanes) is 21. The van der Waals surface area contributed by atoms with Crippen molar-refractivity contribution in [2.75, 3.05) is 64.7 Å². The molecule has 0 aromatic carbocycles. The van der Waals surface area contributed by atoms with E-state index in [1.807, 2.05) is 14.2 Å². The molecule has 9 rings (SSSR count). The molecule has 16 heteroatoms. The molecule has 0 unspecified atom stereocenters. The molecule has 6 saturated heterocycles. The van der Waals surface area contributed by atoms with E-state index in [4.69, 9.17) is 46.8 Å². The summed E-state index contributed by atoms with van der Waals surface area (Å²) in [5.41, 5.74) is 3.22. The lowest BCUT2D eigenvalue weighted by atomic mass is 9.68. The van der Waals surface area contributed by atoms with Gasteiger partial charge in [-0.3, -0.25) is 4.18 Å². The molecule has 0 aromatic heterocycles. The standard InChI is InChI=1S/2C26H46O3S.C17H28O6S.C10H22S/c2*1-6-7-8-9-10-11-12-13-18-30-21-16-17-26(19-28-26)24(23(21)27-5)25(4)22(29-25)15-14-20(2)3;1-11(2)6-7-13-16(3,22-13)15-14(20-4)12(23-24(5,18)19)8-9-17(15)10-21-17;1-2-3-4-5-6-7-8-9-10-11/h2*14,21-24H,6-13,15-19H2,1-5H3;6,12-15H,7-10H2,1-5H3;11H,2-10H2,1H3/t2*21-,22+,23+,24+,25-,26-;12-,13-,14-,15-,16+,17+;/m001./s1. The number of thioether (sulfide) groups is 2. The third kappa shape index (κ3) is 25.6. The second-order valence-electron chi connectivity index (χ2n) is 31.4. The average Bonchev–Trinajstić information content (AvgIpc) is 1.55. The fourth-order valence-corrected chi connectivity index (χ4v) is 20.4. The molecule has 3 aliphatic carbocycles. The minimum Gasteiger partial charge on any atom is -0.380 e. The van der Waals surface area contributed by atoms with E-state index < -0.39 is 16.2 Å². The molecule has 3 saturated carbocycles. The smallest absolute Gasteiger partial charge is 0.264 e. The summed E-state index contributed by atoms with van der Waals surface area (Å²) in [5, 5.41) is 1.15. The zero-order chi connectivity index (χ0) is 69.3. The van der Waals surface area contributed by atoms with Crippen LogP contribution >= 0.6 is 36.2 Å². The molecule has 9 aliphatic rings. The minimum atomic E-state index is -3.54. The fourth-order valence-electron chi connectivity index (χ4n) is 16.7. The van der Waals surface area contributed by atoms with Gasteiger partial charge < -0.3 is 42.6 Å². The molecule has 12 nitrogen and oxygen atoms in total. The fraction of sp³-hybridized carbons (Fsp3) is 0.924. The van der Waals surface area contributed by atoms with Crippen LogP contribution in [0.5, 0.6) is 0 Å². The Morgan fingerprint density at radius 2 is 0.737 bits per heavy atom. The molecule has 0 N–H and O–H groups in total. The summed E-state index contributed by atoms with van der Waals surface area (Å²) in [5.74, 6) is 4.27. The van der Waals surface area contributed by atoms with Gasteiger partial charge in [0, 0.05) is 43.7 Å². The normalized spacial score (nSPS) is 36.0. The van der Waals surface area contributed by atoms with Crippen LogP contribution in [-0.4, -0.2) is 160 Å². The number of epoxide rings is 6. The van der Waals surface area contributed by atoms with Crippen LogP contribution in [0, 0.1) is 17.8 Å². The Labute approximate surface area is 596 Å². The first-order valence-corrected chi connectivity index (χ1v) is 43.2. The van der Waals surface area contributed by atoms with Crippen LogP contribution in [0.15, 0.2) is 34.9 Å². The summed E-state index contributed by atoms with van der Waals surface area (Å²) < 4.78 is 83.3. The average molecular weight is 1410 g/mol. The van der Waals surface area contributed by atoms with E-state index in [9.17, 15) is 8.42 Å². The highest BCUT2D eigenvalue weighted by Crippen LogP contribution is 2.63. The summed E-state index contributed by atoms with van der Waals surface area (Å²) in [6.07, 6.45) is 50.7. The Kier molecular flexibility index (Phi) is 35.9. The molecule has 0 bridgehead atoms. The molecule has 6 aliphatic heterocycles. The van der Waals surface area contributed by atoms with Gasteiger partial charge in [-0.15, -0.1) is 0 Å². The third-order valence-electron chi connectivity index (χ3n) is 22.7. The number of allylic oxidation sites excluding steroid dienone is 3. The summed E-state index contributed by atoms with van der Waals surface area (Å²) in [6, 6.07) is 0. The Morgan fingerprint density at radius 3 is 1.01 bits per heavy atom. The topological polar surface area (TPSA) is 146 Å². The third-order valence-corrected chi connectivity index (χ3v) is 26.5. The van der Waals surface area contributed by atoms with E-state index in [1.54, 1.807) is 7.11 Å². The zero-order valence-electron chi connectivity index (χ0n) is 63.3. The van der Waals surface area contributed by atoms with Gasteiger partial charge in [0.2, 0.25) is 0 Å². The Morgan fingerprint density at radius 1 is 0.453 bits per heavy atom. The van der Waals surface area contributed by atoms with Crippen molar-refractivity contribution in [1.82, 2.24) is 0 Å². The van der Waals surface area contributed by atoms with E-state index in [-0.39, 0.29) is 63.9 Å². The number of ether oxygens (including phenoxy) is 9. The Hall–Kier alpha value is -0.180. The Bertz CT molecular complexity index is 2270. The zero-order valence-corrected chi connectivity index (χ0v) is 66.7. The van der Waals surface area contributed by atoms with Crippen molar-refractivity contribution in [3.63, 3.8) is 0 Å². The lowest BCUT2D eigenvalue weighted by Gasteiger charge is -2.43. The molecule has 3 spiro atoms. The van der Waals surface area contributed by atoms with Crippen molar-refractivity contribution in [1.29, 1.82) is 0 Å². The summed E-state index contributed by atoms with van der Waals surface area (Å²) in [6.45, 7) is 28.8. The van der Waals surface area contributed by atoms with Crippen LogP contribution in [0.25, 0.3) is 0 Å². The van der Waals surface area contributed by atoms with Crippen molar-refractivity contribution in [2.45, 2.75) is 382 Å². The molecule has 554 valence electrons. The maximum Gasteiger partial charge on any atom is 0.264 e. The van der Waals surface area contributed by atoms with Gasteiger partial charge in [0.15, 0.2) is 0 Å². The lowest BCUT2D eigenvalue weighted by molar-refractivity contribution is -0.105. The van der Waals surface area contributed by atoms with Crippen LogP contribution in [0.3, 0.4) is 0 Å². The number of methoxy groups -OCH3 is 3. The van der Waals surface area contributed by atoms with Crippen molar-refractivity contribution in [3.8, 4) is 0 Å². The van der Waals surface area contributed by atoms with Gasteiger partial charge in [0.25, 0.3) is 10.1 Å². The summed E-state index contributed by atoms with van der Waals surface area (Å²) in [4.78, 5) is 0. The van der Waals surface area contributed by atoms with Crippen LogP contribution in [0.2, 0.25) is 0 Å². The van der Waals surface area contributed by atoms with Gasteiger partial charge in [-0.05, 0) is 157 Å². The lowest BCUT2D eigenvalue weighted by Crippen LogP contribution is -2.55. The van der Waals surface area contributed by atoms with Gasteiger partial charge in [-0.2, -0.15) is 44.6 Å². The van der Waals surface area contributed by atoms with Crippen molar-refractivity contribution in [2.24, 2.45) is 17.8 Å². The highest BCUT2D eigenvalue weighted by Gasteiger charge is 2.74. The predicted octanol–water partition coefficient (Wildman–Crippen LogP) is 20.0. The summed E-state index contributed by atoms with van der Waals surface area (Å²) >= 11 is 8.48. The van der Waals surface area contributed by atoms with Gasteiger partial charge in [-0.25, -0.2) is 0 Å². The molecular formula is C79H142O12S4. The van der Waals surface area contributed by atoms with Gasteiger partial charge >= 0.3 is 0 Å². The number of hydrogen-bond donors (Lipinski definition) is 1. The van der Waals surface area contributed by atoms with Crippen molar-refractivity contribution in [3.05, 3.63) is 34.9 Å². The first-order valence-electron chi connectivity index (χ1n) is 38.6. The van der Waals surface area contributed by atoms with E-state index in [0.29, 0.717) is 47.6 Å². The second-order valence-corrected chi connectivity index (χ2v) is 36.2. The molecule has 0 aromatic rings. The highest BCUT2D eigenvalue weighted by molar-refractivity contribution is 8.00. The second kappa shape index (κ2) is 40.8. The molecule has 0 amide bonds. The molecule has 6 heterocycles. The van der Waals surface area contributed by atoms with Gasteiger partial charge in [0.05, 0.1) is 85.4 Å². The molecule has 95 heavy (non-hydrogen) atoms. The first kappa shape index (κ1) is 83.8. The van der Waals surface area contributed by atoms with Gasteiger partial charge in [-0.1, -0.05) is 191 Å². The predicted molar refractivity (Wildman–Crippen MR) is 402 cm³/mol. The molecule has 9 fully saturated rings. The van der Waals surface area contributed by atoms with Crippen LogP contribution < -0.4 is 0 Å². The monoisotopic (exact) mass is 1410 g/mol. The maximum absolute atomic E-state index is 11.6. The SMILES string of the molecule is CCCCCCCCCCS.CCCCCCCCCCS[C@H]1CC[C@]2(CO2)[C@@H]([C@@]2(C)O[C@@H]2CC=C(C)C)[C@@H]1OC.CCCCCCCCCCS[C@H]1CC[C@]2(CO2)[C@@H]([C@@]2(C)O[C@@H]2CC=C(C)C)[C@@H]1OC.CO[C@@H]1[C@H](OS(C)(=O)=O)CC[C@]2(CO2)[C@H]1[C@@]1(C)O[C@@H]1CC=C(C)C. The molecule has 18 atom stereocenters. The van der Waals surface area contributed by atoms with Crippen molar-refractivity contribution >= 4 is 46.3 Å². The minimum absolute atomic E-state index is 0.0186. The first-order chi connectivity index (χ1) is 45.5. The van der Waals surface area contributed by atoms with E-state index in [0.717, 1.165) is 50.9 Å². The molecular weight excluding hydrogens is 1270 g/mol. The van der Waals surface area contributed by atoms with Crippen LogP contribution in [0.4, 0.5) is 0 Å². The van der Waals surface area contributed by atoms with Crippen LogP contribution in [-0.2, 0) is 56.9 Å².